The van der Waals surface area contributed by atoms with Crippen molar-refractivity contribution in [1.29, 1.82) is 0 Å². The van der Waals surface area contributed by atoms with Crippen molar-refractivity contribution in [1.82, 2.24) is 0 Å². The summed E-state index contributed by atoms with van der Waals surface area (Å²) >= 11 is 3.28. The molecule has 1 aromatic rings. The van der Waals surface area contributed by atoms with E-state index in [0.29, 0.717) is 0 Å². The molecule has 0 atom stereocenters. The largest absolute Gasteiger partial charge is 0.274 e. The Balaban J connectivity index is -0.0000000600. The van der Waals surface area contributed by atoms with Gasteiger partial charge in [-0.1, -0.05) is 13.8 Å². The molecule has 3 nitrogen and oxygen atoms in total. The zero-order chi connectivity index (χ0) is 9.30. The fraction of sp³-hybridized carbons (Fsp3) is 0.250. The molecular weight excluding hydrogens is 755 g/mol. The minimum absolute atomic E-state index is 0. The van der Waals surface area contributed by atoms with Crippen LogP contribution in [-0.4, -0.2) is 4.92 Å². The van der Waals surface area contributed by atoms with Gasteiger partial charge < -0.3 is 0 Å². The first kappa shape index (κ1) is 39.0. The number of benzene rings is 1. The fourth-order valence-corrected chi connectivity index (χ4v) is 1.07. The van der Waals surface area contributed by atoms with E-state index in [1.807, 2.05) is 0 Å². The third kappa shape index (κ3) is 14.1. The third-order valence-electron chi connectivity index (χ3n) is 1.45. The summed E-state index contributed by atoms with van der Waals surface area (Å²) in [6.45, 7) is 3.52. The summed E-state index contributed by atoms with van der Waals surface area (Å²) in [5.41, 5.74) is 1.36. The van der Waals surface area contributed by atoms with Crippen molar-refractivity contribution in [2.45, 2.75) is 13.8 Å². The molecule has 1 aromatic carbocycles. The van der Waals surface area contributed by atoms with Crippen molar-refractivity contribution in [3.05, 3.63) is 37.8 Å². The molecule has 0 amide bonds. The molecule has 0 heterocycles. The van der Waals surface area contributed by atoms with E-state index in [2.05, 4.69) is 28.1 Å². The van der Waals surface area contributed by atoms with Crippen molar-refractivity contribution in [2.24, 2.45) is 0 Å². The Morgan fingerprint density at radius 2 is 1.22 bits per heavy atom. The number of nitrogens with zero attached hydrogens (tertiary/aromatic N) is 1. The number of nitro groups is 1. The molecule has 0 fully saturated rings. The van der Waals surface area contributed by atoms with Crippen molar-refractivity contribution in [3.8, 4) is 0 Å². The molecule has 0 unspecified atom stereocenters. The summed E-state index contributed by atoms with van der Waals surface area (Å²) < 4.78 is 0.827. The molecule has 10 heteroatoms. The average Bonchev–Trinajstić information content (AvgIpc) is 1.99. The maximum atomic E-state index is 10.3. The molecule has 1 rings (SSSR count). The Kier molecular flexibility index (Phi) is 45.0. The Bertz CT molecular complexity index is 329. The standard InChI is InChI=1S/C8H6BrNO2.6Y/c1-5-3-7(10(11)12)4-6(2)8(5)9;;;;;;/h1-2H3;;;;;;/q-2;;;;;;. The first-order valence-corrected chi connectivity index (χ1v) is 4.07. The molecule has 0 aromatic heterocycles. The van der Waals surface area contributed by atoms with Crippen LogP contribution in [0, 0.1) is 36.1 Å². The summed E-state index contributed by atoms with van der Waals surface area (Å²) in [4.78, 5) is 9.85. The van der Waals surface area contributed by atoms with Crippen LogP contribution in [0.4, 0.5) is 5.69 Å². The van der Waals surface area contributed by atoms with Gasteiger partial charge in [0.05, 0.1) is 0 Å². The fourth-order valence-electron chi connectivity index (χ4n) is 0.869. The molecule has 0 bridgehead atoms. The predicted molar refractivity (Wildman–Crippen MR) is 47.9 cm³/mol. The summed E-state index contributed by atoms with van der Waals surface area (Å²) in [7, 11) is 0. The number of nitro benzene ring substituents is 1. The van der Waals surface area contributed by atoms with Crippen molar-refractivity contribution < 1.29 is 201 Å². The van der Waals surface area contributed by atoms with Crippen LogP contribution in [0.5, 0.6) is 0 Å². The van der Waals surface area contributed by atoms with Crippen LogP contribution in [0.3, 0.4) is 0 Å². The van der Waals surface area contributed by atoms with Crippen molar-refractivity contribution in [3.63, 3.8) is 0 Å². The van der Waals surface area contributed by atoms with Gasteiger partial charge in [-0.3, -0.25) is 33.4 Å². The van der Waals surface area contributed by atoms with Gasteiger partial charge in [0.15, 0.2) is 0 Å². The van der Waals surface area contributed by atoms with E-state index in [9.17, 15) is 10.1 Å². The van der Waals surface area contributed by atoms with E-state index >= 15 is 0 Å². The normalized spacial score (nSPS) is 6.61. The summed E-state index contributed by atoms with van der Waals surface area (Å²) in [6.07, 6.45) is 0. The number of hydrogen-bond donors (Lipinski definition) is 0. The van der Waals surface area contributed by atoms with Crippen LogP contribution in [-0.2, 0) is 196 Å². The van der Waals surface area contributed by atoms with Gasteiger partial charge in [0.1, 0.15) is 0 Å². The SMILES string of the molecule is Cc1[c-]c([N+](=O)[O-])[c-]c(C)c1Br.[Y].[Y].[Y].[Y].[Y].[Y]. The van der Waals surface area contributed by atoms with Crippen LogP contribution in [0.1, 0.15) is 11.1 Å². The summed E-state index contributed by atoms with van der Waals surface area (Å²) in [6, 6.07) is 5.23. The van der Waals surface area contributed by atoms with Gasteiger partial charge >= 0.3 is 0 Å². The quantitative estimate of drug-likeness (QED) is 0.251. The monoisotopic (exact) mass is 760 g/mol. The van der Waals surface area contributed by atoms with Crippen LogP contribution in [0.25, 0.3) is 0 Å². The van der Waals surface area contributed by atoms with E-state index in [1.165, 1.54) is 0 Å². The molecule has 6 radical (unpaired) electrons. The second-order valence-corrected chi connectivity index (χ2v) is 3.21. The molecule has 0 aliphatic heterocycles. The summed E-state index contributed by atoms with van der Waals surface area (Å²) in [5.74, 6) is 0. The van der Waals surface area contributed by atoms with Gasteiger partial charge in [0.25, 0.3) is 0 Å². The number of non-ortho nitro benzene ring substituents is 1. The number of rotatable bonds is 1. The Hall–Kier alpha value is 5.72. The topological polar surface area (TPSA) is 43.1 Å². The van der Waals surface area contributed by atoms with Crippen LogP contribution >= 0.6 is 15.9 Å². The van der Waals surface area contributed by atoms with Crippen LogP contribution < -0.4 is 0 Å². The molecule has 0 N–H and O–H groups in total. The first-order valence-electron chi connectivity index (χ1n) is 3.28. The molecule has 18 heavy (non-hydrogen) atoms. The van der Waals surface area contributed by atoms with E-state index in [4.69, 9.17) is 0 Å². The Morgan fingerprint density at radius 1 is 0.944 bits per heavy atom. The van der Waals surface area contributed by atoms with E-state index in [0.717, 1.165) is 15.6 Å². The Morgan fingerprint density at radius 3 is 1.44 bits per heavy atom. The van der Waals surface area contributed by atoms with Gasteiger partial charge in [0, 0.05) is 207 Å². The van der Waals surface area contributed by atoms with Crippen molar-refractivity contribution in [2.75, 3.05) is 0 Å². The zero-order valence-electron chi connectivity index (χ0n) is 10.1. The smallest absolute Gasteiger partial charge is 0.0352 e. The zero-order valence-corrected chi connectivity index (χ0v) is 28.7. The molecule has 82 valence electrons. The second-order valence-electron chi connectivity index (χ2n) is 2.42. The van der Waals surface area contributed by atoms with Gasteiger partial charge in [-0.05, 0) is 0 Å². The van der Waals surface area contributed by atoms with Crippen molar-refractivity contribution >= 4 is 21.6 Å². The molecular formula is C8H6BrNO2Y6-2. The maximum absolute atomic E-state index is 10.3. The minimum atomic E-state index is -0.494. The van der Waals surface area contributed by atoms with Gasteiger partial charge in [-0.2, -0.15) is 0 Å². The molecule has 0 spiro atoms. The predicted octanol–water partition coefficient (Wildman–Crippen LogP) is 2.56. The average molecular weight is 761 g/mol. The number of halogens is 1. The minimum Gasteiger partial charge on any atom is -0.274 e. The first-order chi connectivity index (χ1) is 5.52. The van der Waals surface area contributed by atoms with E-state index < -0.39 is 4.92 Å². The van der Waals surface area contributed by atoms with Gasteiger partial charge in [-0.15, -0.1) is 0 Å². The molecule has 0 saturated carbocycles. The van der Waals surface area contributed by atoms with Crippen LogP contribution in [0.15, 0.2) is 4.47 Å². The third-order valence-corrected chi connectivity index (χ3v) is 2.64. The Labute approximate surface area is 267 Å². The second kappa shape index (κ2) is 20.8. The summed E-state index contributed by atoms with van der Waals surface area (Å²) in [5, 5.41) is 10.3. The molecule has 0 saturated heterocycles. The number of aryl methyl sites for hydroxylation is 2. The van der Waals surface area contributed by atoms with E-state index in [-0.39, 0.29) is 202 Å². The number of hydrogen-bond acceptors (Lipinski definition) is 2. The molecule has 0 aliphatic carbocycles. The van der Waals surface area contributed by atoms with Gasteiger partial charge in [-0.25, -0.2) is 20.4 Å². The maximum Gasteiger partial charge on any atom is 0.0352 e. The van der Waals surface area contributed by atoms with E-state index in [1.54, 1.807) is 13.8 Å². The van der Waals surface area contributed by atoms with Crippen LogP contribution in [0.2, 0.25) is 0 Å². The molecule has 0 aliphatic rings. The van der Waals surface area contributed by atoms with Gasteiger partial charge in [0.2, 0.25) is 0 Å².